The molecule has 0 saturated carbocycles. The second-order valence-electron chi connectivity index (χ2n) is 5.84. The second kappa shape index (κ2) is 5.97. The van der Waals surface area contributed by atoms with Crippen LogP contribution in [0.2, 0.25) is 0 Å². The van der Waals surface area contributed by atoms with Gasteiger partial charge in [0.05, 0.1) is 6.42 Å². The molecule has 0 radical (unpaired) electrons. The Balaban J connectivity index is 5.22. The minimum Gasteiger partial charge on any atom is -0.512 e. The van der Waals surface area contributed by atoms with E-state index >= 15 is 0 Å². The van der Waals surface area contributed by atoms with Gasteiger partial charge in [0.2, 0.25) is 0 Å². The molecule has 1 atom stereocenters. The number of carbonyl (C=O) groups excluding carboxylic acids is 1. The number of aliphatic hydroxyl groups is 1. The minimum atomic E-state index is -4.40. The number of hydrogen-bond donors (Lipinski definition) is 1. The first-order valence-corrected chi connectivity index (χ1v) is 6.40. The summed E-state index contributed by atoms with van der Waals surface area (Å²) in [5.41, 5.74) is -2.13. The molecule has 112 valence electrons. The predicted octanol–water partition coefficient (Wildman–Crippen LogP) is 4.80. The van der Waals surface area contributed by atoms with E-state index in [0.717, 1.165) is 6.08 Å². The molecule has 19 heavy (non-hydrogen) atoms. The van der Waals surface area contributed by atoms with Gasteiger partial charge >= 0.3 is 6.18 Å². The molecule has 0 amide bonds. The maximum absolute atomic E-state index is 12.5. The van der Waals surface area contributed by atoms with Gasteiger partial charge in [-0.15, -0.1) is 0 Å². The van der Waals surface area contributed by atoms with Crippen molar-refractivity contribution in [1.82, 2.24) is 0 Å². The third kappa shape index (κ3) is 5.25. The van der Waals surface area contributed by atoms with Crippen LogP contribution in [0.3, 0.4) is 0 Å². The van der Waals surface area contributed by atoms with Crippen molar-refractivity contribution in [3.8, 4) is 0 Å². The third-order valence-electron chi connectivity index (χ3n) is 3.81. The Bertz CT molecular complexity index is 356. The largest absolute Gasteiger partial charge is 0.512 e. The molecule has 5 heteroatoms. The number of hydrogen-bond acceptors (Lipinski definition) is 2. The summed E-state index contributed by atoms with van der Waals surface area (Å²) in [6.07, 6.45) is -3.96. The van der Waals surface area contributed by atoms with Crippen LogP contribution in [0.4, 0.5) is 13.2 Å². The fourth-order valence-corrected chi connectivity index (χ4v) is 1.50. The first-order chi connectivity index (χ1) is 8.38. The number of carbonyl (C=O) groups is 1. The highest BCUT2D eigenvalue weighted by Crippen LogP contribution is 2.38. The molecule has 1 N–H and O–H groups in total. The van der Waals surface area contributed by atoms with Crippen molar-refractivity contribution in [2.75, 3.05) is 0 Å². The van der Waals surface area contributed by atoms with Crippen LogP contribution in [0.5, 0.6) is 0 Å². The number of rotatable bonds is 6. The highest BCUT2D eigenvalue weighted by molar-refractivity contribution is 5.95. The summed E-state index contributed by atoms with van der Waals surface area (Å²) >= 11 is 0. The summed E-state index contributed by atoms with van der Waals surface area (Å²) in [5, 5.41) is 9.86. The molecule has 0 aliphatic carbocycles. The molecule has 0 aromatic rings. The Morgan fingerprint density at radius 3 is 1.89 bits per heavy atom. The normalized spacial score (nSPS) is 17.2. The molecule has 0 aromatic heterocycles. The van der Waals surface area contributed by atoms with Crippen molar-refractivity contribution in [1.29, 1.82) is 0 Å². The maximum atomic E-state index is 12.5. The Morgan fingerprint density at radius 1 is 1.11 bits per heavy atom. The van der Waals surface area contributed by atoms with Crippen LogP contribution in [-0.2, 0) is 4.79 Å². The minimum absolute atomic E-state index is 0.0711. The van der Waals surface area contributed by atoms with Crippen molar-refractivity contribution in [2.24, 2.45) is 10.8 Å². The molecule has 0 fully saturated rings. The van der Waals surface area contributed by atoms with E-state index in [2.05, 4.69) is 0 Å². The molecule has 0 aliphatic heterocycles. The number of aliphatic hydroxyl groups excluding tert-OH is 1. The Kier molecular flexibility index (Phi) is 5.66. The summed E-state index contributed by atoms with van der Waals surface area (Å²) in [6.45, 7) is 8.13. The maximum Gasteiger partial charge on any atom is 0.390 e. The average Bonchev–Trinajstić information content (AvgIpc) is 2.26. The molecule has 0 rings (SSSR count). The van der Waals surface area contributed by atoms with Crippen molar-refractivity contribution in [3.63, 3.8) is 0 Å². The quantitative estimate of drug-likeness (QED) is 0.560. The fourth-order valence-electron chi connectivity index (χ4n) is 1.50. The smallest absolute Gasteiger partial charge is 0.390 e. The number of allylic oxidation sites excluding steroid dienone is 2. The van der Waals surface area contributed by atoms with Gasteiger partial charge in [-0.1, -0.05) is 34.6 Å². The molecule has 1 unspecified atom stereocenters. The van der Waals surface area contributed by atoms with E-state index in [4.69, 9.17) is 0 Å². The van der Waals surface area contributed by atoms with E-state index in [-0.39, 0.29) is 12.2 Å². The summed E-state index contributed by atoms with van der Waals surface area (Å²) in [5.74, 6) is -0.840. The van der Waals surface area contributed by atoms with Crippen molar-refractivity contribution in [3.05, 3.63) is 11.8 Å². The fraction of sp³-hybridized carbons (Fsp3) is 0.786. The third-order valence-corrected chi connectivity index (χ3v) is 3.81. The van der Waals surface area contributed by atoms with Gasteiger partial charge in [0.25, 0.3) is 0 Å². The van der Waals surface area contributed by atoms with Gasteiger partial charge in [0.15, 0.2) is 5.78 Å². The molecule has 0 aliphatic rings. The highest BCUT2D eigenvalue weighted by atomic mass is 19.4. The molecule has 0 spiro atoms. The van der Waals surface area contributed by atoms with Crippen LogP contribution in [0.1, 0.15) is 53.9 Å². The van der Waals surface area contributed by atoms with E-state index < -0.39 is 29.2 Å². The monoisotopic (exact) mass is 280 g/mol. The SMILES string of the molecule is CCC(C)(C)C(O)=CC(=O)C(C)(CC)CC(F)(F)F. The van der Waals surface area contributed by atoms with Gasteiger partial charge in [-0.25, -0.2) is 0 Å². The van der Waals surface area contributed by atoms with Gasteiger partial charge < -0.3 is 5.11 Å². The molecule has 0 aromatic carbocycles. The predicted molar refractivity (Wildman–Crippen MR) is 68.9 cm³/mol. The molecular formula is C14H23F3O2. The van der Waals surface area contributed by atoms with Crippen molar-refractivity contribution < 1.29 is 23.1 Å². The van der Waals surface area contributed by atoms with Crippen LogP contribution >= 0.6 is 0 Å². The Labute approximate surface area is 112 Å². The Morgan fingerprint density at radius 2 is 1.58 bits per heavy atom. The molecule has 0 bridgehead atoms. The van der Waals surface area contributed by atoms with Crippen LogP contribution in [0, 0.1) is 10.8 Å². The van der Waals surface area contributed by atoms with E-state index in [9.17, 15) is 23.1 Å². The van der Waals surface area contributed by atoms with Crippen LogP contribution in [0.25, 0.3) is 0 Å². The summed E-state index contributed by atoms with van der Waals surface area (Å²) in [6, 6.07) is 0. The standard InChI is InChI=1S/C14H23F3O2/c1-6-12(3,4)10(18)8-11(19)13(5,7-2)9-14(15,16)17/h8,18H,6-7,9H2,1-5H3. The van der Waals surface area contributed by atoms with E-state index in [1.165, 1.54) is 6.92 Å². The van der Waals surface area contributed by atoms with E-state index in [0.29, 0.717) is 6.42 Å². The topological polar surface area (TPSA) is 37.3 Å². The van der Waals surface area contributed by atoms with Gasteiger partial charge in [0, 0.05) is 16.9 Å². The number of ketones is 1. The van der Waals surface area contributed by atoms with Crippen LogP contribution in [-0.4, -0.2) is 17.1 Å². The highest BCUT2D eigenvalue weighted by Gasteiger charge is 2.42. The zero-order chi connectivity index (χ0) is 15.5. The van der Waals surface area contributed by atoms with Gasteiger partial charge in [-0.2, -0.15) is 13.2 Å². The number of halogens is 3. The lowest BCUT2D eigenvalue weighted by Crippen LogP contribution is -2.32. The number of alkyl halides is 3. The lowest BCUT2D eigenvalue weighted by molar-refractivity contribution is -0.163. The zero-order valence-corrected chi connectivity index (χ0v) is 12.2. The second-order valence-corrected chi connectivity index (χ2v) is 5.84. The van der Waals surface area contributed by atoms with Gasteiger partial charge in [-0.3, -0.25) is 4.79 Å². The first kappa shape index (κ1) is 18.0. The van der Waals surface area contributed by atoms with E-state index in [1.54, 1.807) is 20.8 Å². The summed E-state index contributed by atoms with van der Waals surface area (Å²) < 4.78 is 37.5. The summed E-state index contributed by atoms with van der Waals surface area (Å²) in [4.78, 5) is 12.0. The van der Waals surface area contributed by atoms with Gasteiger partial charge in [0.1, 0.15) is 5.76 Å². The average molecular weight is 280 g/mol. The van der Waals surface area contributed by atoms with Crippen LogP contribution < -0.4 is 0 Å². The van der Waals surface area contributed by atoms with E-state index in [1.807, 2.05) is 6.92 Å². The van der Waals surface area contributed by atoms with Gasteiger partial charge in [-0.05, 0) is 12.8 Å². The first-order valence-electron chi connectivity index (χ1n) is 6.40. The molecule has 0 saturated heterocycles. The zero-order valence-electron chi connectivity index (χ0n) is 12.2. The lowest BCUT2D eigenvalue weighted by Gasteiger charge is -2.28. The van der Waals surface area contributed by atoms with Crippen molar-refractivity contribution >= 4 is 5.78 Å². The van der Waals surface area contributed by atoms with Crippen LogP contribution in [0.15, 0.2) is 11.8 Å². The van der Waals surface area contributed by atoms with Crippen molar-refractivity contribution in [2.45, 2.75) is 60.1 Å². The molecule has 0 heterocycles. The molecular weight excluding hydrogens is 257 g/mol. The summed E-state index contributed by atoms with van der Waals surface area (Å²) in [7, 11) is 0. The lowest BCUT2D eigenvalue weighted by atomic mass is 9.77. The Hall–Kier alpha value is -1.00. The molecule has 2 nitrogen and oxygen atoms in total.